The summed E-state index contributed by atoms with van der Waals surface area (Å²) in [5.41, 5.74) is 3.71. The van der Waals surface area contributed by atoms with Gasteiger partial charge in [0.1, 0.15) is 0 Å². The molecule has 0 amide bonds. The largest absolute Gasteiger partial charge is 0.454 e. The van der Waals surface area contributed by atoms with Gasteiger partial charge in [0.2, 0.25) is 13.6 Å². The average molecular weight is 802 g/mol. The van der Waals surface area contributed by atoms with Gasteiger partial charge in [0.05, 0.1) is 16.6 Å². The van der Waals surface area contributed by atoms with Crippen LogP contribution in [-0.4, -0.2) is 93.1 Å². The third kappa shape index (κ3) is 9.14. The predicted molar refractivity (Wildman–Crippen MR) is 216 cm³/mol. The number of hydrogen-bond donors (Lipinski definition) is 1. The SMILES string of the molecule is FC(F)(F)c1ccccc1CNCC1=Cc2cc3c(cc2N(CCN2CCCCC2)C1)OCO3.O=Cc1cc2cc3c(cc2n(CCN2CCCCC2)c1=O)OCO3. The molecule has 58 heavy (non-hydrogen) atoms. The number of aromatic nitrogens is 1. The topological polar surface area (TPSA) is 97.7 Å². The van der Waals surface area contributed by atoms with Gasteiger partial charge in [-0.05, 0) is 87.3 Å². The molecule has 5 aliphatic rings. The maximum Gasteiger partial charge on any atom is 0.416 e. The van der Waals surface area contributed by atoms with E-state index < -0.39 is 11.7 Å². The number of fused-ring (bicyclic) bond motifs is 4. The standard InChI is InChI=1S/C26H30F3N3O2.C18H20N2O4/c27-26(28,29)22-7-3-2-6-20(22)16-30-15-19-12-21-13-24-25(34-18-33-24)14-23(21)32(17-19)11-10-31-8-4-1-5-9-31;21-11-14-8-13-9-16-17(24-12-23-16)10-15(13)20(18(14)22)7-6-19-4-2-1-3-5-19/h2-3,6-7,12-14,30H,1,4-5,8-11,15-18H2;8-11H,1-7,12H2. The fourth-order valence-corrected chi connectivity index (χ4v) is 8.51. The number of nitrogens with one attached hydrogen (secondary N) is 1. The number of carbonyl (C=O) groups is 1. The Morgan fingerprint density at radius 2 is 1.33 bits per heavy atom. The molecule has 0 radical (unpaired) electrons. The molecule has 6 heterocycles. The van der Waals surface area contributed by atoms with Crippen molar-refractivity contribution in [2.45, 2.75) is 57.8 Å². The second-order valence-corrected chi connectivity index (χ2v) is 15.5. The lowest BCUT2D eigenvalue weighted by atomic mass is 10.0. The Bertz CT molecular complexity index is 2200. The summed E-state index contributed by atoms with van der Waals surface area (Å²) in [4.78, 5) is 31.2. The molecule has 11 nitrogen and oxygen atoms in total. The molecule has 14 heteroatoms. The van der Waals surface area contributed by atoms with E-state index in [2.05, 4.69) is 26.1 Å². The second-order valence-electron chi connectivity index (χ2n) is 15.5. The minimum Gasteiger partial charge on any atom is -0.454 e. The Morgan fingerprint density at radius 1 is 0.707 bits per heavy atom. The highest BCUT2D eigenvalue weighted by molar-refractivity contribution is 5.88. The van der Waals surface area contributed by atoms with Crippen LogP contribution >= 0.6 is 0 Å². The number of halogens is 3. The van der Waals surface area contributed by atoms with E-state index >= 15 is 0 Å². The number of rotatable bonds is 11. The summed E-state index contributed by atoms with van der Waals surface area (Å²) in [5, 5.41) is 4.05. The third-order valence-corrected chi connectivity index (χ3v) is 11.6. The Labute approximate surface area is 335 Å². The zero-order valence-corrected chi connectivity index (χ0v) is 32.7. The number of ether oxygens (including phenoxy) is 4. The first-order chi connectivity index (χ1) is 28.2. The van der Waals surface area contributed by atoms with Crippen LogP contribution in [0.3, 0.4) is 0 Å². The van der Waals surface area contributed by atoms with Gasteiger partial charge in [0.15, 0.2) is 29.3 Å². The van der Waals surface area contributed by atoms with Crippen LogP contribution in [0, 0.1) is 0 Å². The van der Waals surface area contributed by atoms with Crippen molar-refractivity contribution in [2.24, 2.45) is 0 Å². The number of benzene rings is 3. The van der Waals surface area contributed by atoms with Crippen LogP contribution in [0.15, 0.2) is 65.0 Å². The van der Waals surface area contributed by atoms with Gasteiger partial charge >= 0.3 is 6.18 Å². The monoisotopic (exact) mass is 801 g/mol. The molecule has 5 aliphatic heterocycles. The summed E-state index contributed by atoms with van der Waals surface area (Å²) in [7, 11) is 0. The number of alkyl halides is 3. The van der Waals surface area contributed by atoms with Crippen LogP contribution in [0.4, 0.5) is 18.9 Å². The summed E-state index contributed by atoms with van der Waals surface area (Å²) in [5.74, 6) is 2.80. The van der Waals surface area contributed by atoms with Crippen molar-refractivity contribution in [3.05, 3.63) is 92.8 Å². The summed E-state index contributed by atoms with van der Waals surface area (Å²) >= 11 is 0. The molecule has 1 N–H and O–H groups in total. The number of carbonyl (C=O) groups excluding carboxylic acids is 1. The smallest absolute Gasteiger partial charge is 0.416 e. The van der Waals surface area contributed by atoms with Gasteiger partial charge in [-0.25, -0.2) is 0 Å². The first-order valence-corrected chi connectivity index (χ1v) is 20.3. The first kappa shape index (κ1) is 39.8. The second kappa shape index (κ2) is 17.8. The quantitative estimate of drug-likeness (QED) is 0.161. The van der Waals surface area contributed by atoms with E-state index in [0.717, 1.165) is 97.7 Å². The lowest BCUT2D eigenvalue weighted by molar-refractivity contribution is -0.138. The van der Waals surface area contributed by atoms with E-state index in [4.69, 9.17) is 18.9 Å². The van der Waals surface area contributed by atoms with Crippen molar-refractivity contribution in [1.29, 1.82) is 0 Å². The number of hydrogen-bond acceptors (Lipinski definition) is 10. The Balaban J connectivity index is 0.000000172. The first-order valence-electron chi connectivity index (χ1n) is 20.3. The van der Waals surface area contributed by atoms with Crippen LogP contribution in [0.1, 0.15) is 65.6 Å². The Morgan fingerprint density at radius 3 is 2.00 bits per heavy atom. The van der Waals surface area contributed by atoms with Gasteiger partial charge in [-0.1, -0.05) is 37.1 Å². The number of aldehydes is 1. The number of anilines is 1. The summed E-state index contributed by atoms with van der Waals surface area (Å²) in [6, 6.07) is 15.1. The van der Waals surface area contributed by atoms with Gasteiger partial charge in [-0.3, -0.25) is 9.59 Å². The summed E-state index contributed by atoms with van der Waals surface area (Å²) in [6.45, 7) is 9.52. The van der Waals surface area contributed by atoms with Gasteiger partial charge in [-0.2, -0.15) is 13.2 Å². The molecular formula is C44H50F3N5O6. The van der Waals surface area contributed by atoms with Crippen molar-refractivity contribution >= 4 is 29.0 Å². The Hall–Kier alpha value is -5.05. The molecular weight excluding hydrogens is 752 g/mol. The van der Waals surface area contributed by atoms with Crippen molar-refractivity contribution in [3.8, 4) is 23.0 Å². The molecule has 4 aromatic rings. The van der Waals surface area contributed by atoms with E-state index in [9.17, 15) is 22.8 Å². The van der Waals surface area contributed by atoms with E-state index in [0.29, 0.717) is 30.9 Å². The molecule has 0 saturated carbocycles. The molecule has 0 unspecified atom stereocenters. The number of likely N-dealkylation sites (tertiary alicyclic amines) is 2. The van der Waals surface area contributed by atoms with Crippen LogP contribution in [0.2, 0.25) is 0 Å². The van der Waals surface area contributed by atoms with Crippen molar-refractivity contribution in [1.82, 2.24) is 19.7 Å². The molecule has 0 aliphatic carbocycles. The van der Waals surface area contributed by atoms with E-state index in [1.165, 1.54) is 50.7 Å². The van der Waals surface area contributed by atoms with Crippen LogP contribution < -0.4 is 34.7 Å². The van der Waals surface area contributed by atoms with Gasteiger partial charge in [-0.15, -0.1) is 0 Å². The maximum absolute atomic E-state index is 13.3. The van der Waals surface area contributed by atoms with Crippen molar-refractivity contribution in [3.63, 3.8) is 0 Å². The molecule has 3 aromatic carbocycles. The zero-order valence-electron chi connectivity index (χ0n) is 32.7. The number of nitrogens with zero attached hydrogens (tertiary/aromatic N) is 4. The number of pyridine rings is 1. The molecule has 0 atom stereocenters. The van der Waals surface area contributed by atoms with Crippen molar-refractivity contribution < 1.29 is 36.9 Å². The van der Waals surface area contributed by atoms with Gasteiger partial charge < -0.3 is 43.5 Å². The molecule has 2 saturated heterocycles. The molecule has 9 rings (SSSR count). The van der Waals surface area contributed by atoms with Crippen LogP contribution in [0.25, 0.3) is 17.0 Å². The predicted octanol–water partition coefficient (Wildman–Crippen LogP) is 6.94. The van der Waals surface area contributed by atoms with E-state index in [1.807, 2.05) is 24.3 Å². The fraction of sp³-hybridized carbons (Fsp3) is 0.455. The third-order valence-electron chi connectivity index (χ3n) is 11.6. The summed E-state index contributed by atoms with van der Waals surface area (Å²) in [6.07, 6.45) is 5.92. The zero-order chi connectivity index (χ0) is 40.1. The molecule has 0 bridgehead atoms. The highest BCUT2D eigenvalue weighted by Gasteiger charge is 2.33. The normalized spacial score (nSPS) is 17.8. The maximum atomic E-state index is 13.3. The molecule has 1 aromatic heterocycles. The van der Waals surface area contributed by atoms with Crippen LogP contribution in [0.5, 0.6) is 23.0 Å². The minimum absolute atomic E-state index is 0.162. The van der Waals surface area contributed by atoms with E-state index in [1.54, 1.807) is 16.7 Å². The van der Waals surface area contributed by atoms with Crippen molar-refractivity contribution in [2.75, 3.05) is 77.4 Å². The lowest BCUT2D eigenvalue weighted by Gasteiger charge is -2.35. The fourth-order valence-electron chi connectivity index (χ4n) is 8.51. The highest BCUT2D eigenvalue weighted by atomic mass is 19.4. The Kier molecular flexibility index (Phi) is 12.2. The molecule has 2 fully saturated rings. The van der Waals surface area contributed by atoms with E-state index in [-0.39, 0.29) is 36.8 Å². The molecule has 0 spiro atoms. The minimum atomic E-state index is -4.35. The highest BCUT2D eigenvalue weighted by Crippen LogP contribution is 2.41. The summed E-state index contributed by atoms with van der Waals surface area (Å²) < 4.78 is 63.7. The number of piperidine rings is 2. The molecule has 308 valence electrons. The average Bonchev–Trinajstić information content (AvgIpc) is 3.90. The van der Waals surface area contributed by atoms with Gasteiger partial charge in [0, 0.05) is 74.6 Å². The lowest BCUT2D eigenvalue weighted by Crippen LogP contribution is -2.40. The van der Waals surface area contributed by atoms with Crippen LogP contribution in [-0.2, 0) is 19.3 Å². The van der Waals surface area contributed by atoms with Gasteiger partial charge in [0.25, 0.3) is 5.56 Å².